The summed E-state index contributed by atoms with van der Waals surface area (Å²) in [5.41, 5.74) is 2.56. The fourth-order valence-electron chi connectivity index (χ4n) is 3.69. The zero-order chi connectivity index (χ0) is 19.2. The molecular formula is C22H27BrN2O2. The predicted molar refractivity (Wildman–Crippen MR) is 113 cm³/mol. The number of ether oxygens (including phenoxy) is 1. The van der Waals surface area contributed by atoms with Gasteiger partial charge < -0.3 is 10.1 Å². The standard InChI is InChI=1S/C22H27BrN2O2/c1-25(17-9-4-3-5-10-17)15-16-8-6-7-11-21(16)24-22(26)19-14-18(27-2)12-13-20(19)23/h6-8,11-14,17H,3-5,9-10,15H2,1-2H3,(H,24,26). The Morgan fingerprint density at radius 2 is 1.93 bits per heavy atom. The topological polar surface area (TPSA) is 41.6 Å². The van der Waals surface area contributed by atoms with Gasteiger partial charge in [-0.3, -0.25) is 9.69 Å². The van der Waals surface area contributed by atoms with Gasteiger partial charge in [-0.15, -0.1) is 0 Å². The van der Waals surface area contributed by atoms with Crippen LogP contribution in [0.1, 0.15) is 48.0 Å². The van der Waals surface area contributed by atoms with Crippen LogP contribution in [0.25, 0.3) is 0 Å². The van der Waals surface area contributed by atoms with Crippen molar-refractivity contribution in [1.82, 2.24) is 4.90 Å². The van der Waals surface area contributed by atoms with Crippen LogP contribution in [-0.2, 0) is 6.54 Å². The third-order valence-corrected chi connectivity index (χ3v) is 5.99. The van der Waals surface area contributed by atoms with Crippen LogP contribution in [0.5, 0.6) is 5.75 Å². The third-order valence-electron chi connectivity index (χ3n) is 5.30. The zero-order valence-corrected chi connectivity index (χ0v) is 17.6. The third kappa shape index (κ3) is 5.11. The zero-order valence-electron chi connectivity index (χ0n) is 16.0. The van der Waals surface area contributed by atoms with E-state index in [0.29, 0.717) is 17.4 Å². The average Bonchev–Trinajstić information content (AvgIpc) is 2.70. The van der Waals surface area contributed by atoms with Crippen LogP contribution in [0.4, 0.5) is 5.69 Å². The molecule has 0 spiro atoms. The molecule has 0 aromatic heterocycles. The van der Waals surface area contributed by atoms with Gasteiger partial charge >= 0.3 is 0 Å². The Hall–Kier alpha value is -1.85. The molecule has 1 saturated carbocycles. The van der Waals surface area contributed by atoms with Crippen LogP contribution in [-0.4, -0.2) is 31.0 Å². The quantitative estimate of drug-likeness (QED) is 0.659. The van der Waals surface area contributed by atoms with Crippen molar-refractivity contribution in [2.24, 2.45) is 0 Å². The molecule has 0 bridgehead atoms. The maximum Gasteiger partial charge on any atom is 0.256 e. The van der Waals surface area contributed by atoms with E-state index >= 15 is 0 Å². The second kappa shape index (κ2) is 9.38. The number of hydrogen-bond acceptors (Lipinski definition) is 3. The van der Waals surface area contributed by atoms with Gasteiger partial charge in [0, 0.05) is 22.7 Å². The summed E-state index contributed by atoms with van der Waals surface area (Å²) in [5, 5.41) is 3.08. The van der Waals surface area contributed by atoms with Crippen molar-refractivity contribution in [3.63, 3.8) is 0 Å². The van der Waals surface area contributed by atoms with E-state index in [4.69, 9.17) is 4.74 Å². The van der Waals surface area contributed by atoms with Crippen molar-refractivity contribution in [2.45, 2.75) is 44.7 Å². The number of halogens is 1. The first-order chi connectivity index (χ1) is 13.1. The highest BCUT2D eigenvalue weighted by molar-refractivity contribution is 9.10. The minimum atomic E-state index is -0.145. The first-order valence-electron chi connectivity index (χ1n) is 9.51. The van der Waals surface area contributed by atoms with Gasteiger partial charge in [0.25, 0.3) is 5.91 Å². The van der Waals surface area contributed by atoms with E-state index in [1.54, 1.807) is 13.2 Å². The van der Waals surface area contributed by atoms with Crippen LogP contribution in [0, 0.1) is 0 Å². The molecule has 0 heterocycles. The molecule has 2 aromatic rings. The van der Waals surface area contributed by atoms with Gasteiger partial charge in [-0.25, -0.2) is 0 Å². The Balaban J connectivity index is 1.74. The lowest BCUT2D eigenvalue weighted by Crippen LogP contribution is -2.33. The van der Waals surface area contributed by atoms with Crippen LogP contribution in [0.3, 0.4) is 0 Å². The lowest BCUT2D eigenvalue weighted by atomic mass is 9.94. The average molecular weight is 431 g/mol. The summed E-state index contributed by atoms with van der Waals surface area (Å²) in [6.07, 6.45) is 6.52. The van der Waals surface area contributed by atoms with Gasteiger partial charge in [0.05, 0.1) is 12.7 Å². The second-order valence-electron chi connectivity index (χ2n) is 7.16. The Labute approximate surface area is 170 Å². The van der Waals surface area contributed by atoms with Crippen molar-refractivity contribution in [3.05, 3.63) is 58.1 Å². The Morgan fingerprint density at radius 1 is 1.19 bits per heavy atom. The first-order valence-corrected chi connectivity index (χ1v) is 10.3. The van der Waals surface area contributed by atoms with Gasteiger partial charge in [-0.2, -0.15) is 0 Å². The molecule has 144 valence electrons. The van der Waals surface area contributed by atoms with Gasteiger partial charge in [0.15, 0.2) is 0 Å². The van der Waals surface area contributed by atoms with E-state index in [2.05, 4.69) is 39.3 Å². The Kier molecular flexibility index (Phi) is 6.91. The molecule has 1 fully saturated rings. The van der Waals surface area contributed by atoms with Gasteiger partial charge in [-0.05, 0) is 65.6 Å². The number of para-hydroxylation sites is 1. The van der Waals surface area contributed by atoms with Gasteiger partial charge in [0.2, 0.25) is 0 Å². The number of nitrogens with zero attached hydrogens (tertiary/aromatic N) is 1. The molecule has 4 nitrogen and oxygen atoms in total. The van der Waals surface area contributed by atoms with Crippen molar-refractivity contribution in [2.75, 3.05) is 19.5 Å². The van der Waals surface area contributed by atoms with Crippen molar-refractivity contribution >= 4 is 27.5 Å². The van der Waals surface area contributed by atoms with Crippen molar-refractivity contribution in [1.29, 1.82) is 0 Å². The normalized spacial score (nSPS) is 15.0. The second-order valence-corrected chi connectivity index (χ2v) is 8.02. The summed E-state index contributed by atoms with van der Waals surface area (Å²) >= 11 is 3.46. The number of rotatable bonds is 6. The molecule has 1 amide bonds. The summed E-state index contributed by atoms with van der Waals surface area (Å²) in [6, 6.07) is 14.1. The summed E-state index contributed by atoms with van der Waals surface area (Å²) in [5.74, 6) is 0.516. The summed E-state index contributed by atoms with van der Waals surface area (Å²) in [6.45, 7) is 0.834. The van der Waals surface area contributed by atoms with Gasteiger partial charge in [0.1, 0.15) is 5.75 Å². The van der Waals surface area contributed by atoms with Crippen LogP contribution in [0.15, 0.2) is 46.9 Å². The highest BCUT2D eigenvalue weighted by atomic mass is 79.9. The monoisotopic (exact) mass is 430 g/mol. The summed E-state index contributed by atoms with van der Waals surface area (Å²) in [7, 11) is 3.79. The lowest BCUT2D eigenvalue weighted by molar-refractivity contribution is 0.102. The number of carbonyl (C=O) groups excluding carboxylic acids is 1. The summed E-state index contributed by atoms with van der Waals surface area (Å²) in [4.78, 5) is 15.3. The van der Waals surface area contributed by atoms with E-state index < -0.39 is 0 Å². The lowest BCUT2D eigenvalue weighted by Gasteiger charge is -2.31. The van der Waals surface area contributed by atoms with E-state index in [1.165, 1.54) is 32.1 Å². The van der Waals surface area contributed by atoms with Gasteiger partial charge in [-0.1, -0.05) is 37.5 Å². The van der Waals surface area contributed by atoms with E-state index in [1.807, 2.05) is 30.3 Å². The number of benzene rings is 2. The van der Waals surface area contributed by atoms with Crippen LogP contribution < -0.4 is 10.1 Å². The van der Waals surface area contributed by atoms with E-state index in [-0.39, 0.29) is 5.91 Å². The molecule has 27 heavy (non-hydrogen) atoms. The largest absolute Gasteiger partial charge is 0.497 e. The van der Waals surface area contributed by atoms with Crippen molar-refractivity contribution in [3.8, 4) is 5.75 Å². The molecule has 0 saturated heterocycles. The number of hydrogen-bond donors (Lipinski definition) is 1. The fraction of sp³-hybridized carbons (Fsp3) is 0.409. The number of amides is 1. The van der Waals surface area contributed by atoms with E-state index in [0.717, 1.165) is 22.3 Å². The Bertz CT molecular complexity index is 788. The highest BCUT2D eigenvalue weighted by Gasteiger charge is 2.19. The maximum atomic E-state index is 12.8. The van der Waals surface area contributed by atoms with Crippen LogP contribution in [0.2, 0.25) is 0 Å². The molecule has 0 radical (unpaired) electrons. The molecule has 1 aliphatic rings. The molecule has 0 unspecified atom stereocenters. The minimum Gasteiger partial charge on any atom is -0.497 e. The SMILES string of the molecule is COc1ccc(Br)c(C(=O)Nc2ccccc2CN(C)C2CCCCC2)c1. The smallest absolute Gasteiger partial charge is 0.256 e. The minimum absolute atomic E-state index is 0.145. The molecule has 5 heteroatoms. The number of anilines is 1. The predicted octanol–water partition coefficient (Wildman–Crippen LogP) is 5.47. The Morgan fingerprint density at radius 3 is 2.67 bits per heavy atom. The molecular weight excluding hydrogens is 404 g/mol. The highest BCUT2D eigenvalue weighted by Crippen LogP contribution is 2.27. The molecule has 2 aromatic carbocycles. The van der Waals surface area contributed by atoms with Crippen LogP contribution >= 0.6 is 15.9 Å². The van der Waals surface area contributed by atoms with E-state index in [9.17, 15) is 4.79 Å². The number of carbonyl (C=O) groups is 1. The van der Waals surface area contributed by atoms with Crippen molar-refractivity contribution < 1.29 is 9.53 Å². The maximum absolute atomic E-state index is 12.8. The molecule has 1 N–H and O–H groups in total. The first kappa shape index (κ1) is 19.9. The fourth-order valence-corrected chi connectivity index (χ4v) is 4.12. The molecule has 0 aliphatic heterocycles. The number of methoxy groups -OCH3 is 1. The molecule has 1 aliphatic carbocycles. The molecule has 3 rings (SSSR count). The summed E-state index contributed by atoms with van der Waals surface area (Å²) < 4.78 is 5.99. The molecule has 0 atom stereocenters. The number of nitrogens with one attached hydrogen (secondary N) is 1.